The highest BCUT2D eigenvalue weighted by Crippen LogP contribution is 1.90. The monoisotopic (exact) mass is 130 g/mol. The maximum Gasteiger partial charge on any atom is 0.148 e. The molecule has 2 atom stereocenters. The van der Waals surface area contributed by atoms with E-state index in [0.29, 0.717) is 12.6 Å². The van der Waals surface area contributed by atoms with E-state index in [2.05, 4.69) is 0 Å². The Bertz CT molecular complexity index is 88.5. The third-order valence-electron chi connectivity index (χ3n) is 0.813. The molecule has 0 aromatic rings. The van der Waals surface area contributed by atoms with Crippen LogP contribution >= 0.6 is 0 Å². The van der Waals surface area contributed by atoms with Crippen LogP contribution in [0.15, 0.2) is 0 Å². The number of rotatable bonds is 4. The van der Waals surface area contributed by atoms with Gasteiger partial charge in [0.15, 0.2) is 0 Å². The van der Waals surface area contributed by atoms with Crippen LogP contribution in [0.25, 0.3) is 0 Å². The van der Waals surface area contributed by atoms with Crippen molar-refractivity contribution in [2.75, 3.05) is 0 Å². The molecule has 0 radical (unpaired) electrons. The van der Waals surface area contributed by atoms with Gasteiger partial charge in [-0.25, -0.2) is 0 Å². The maximum absolute atomic E-state index is 9.92. The molecule has 9 heavy (non-hydrogen) atoms. The zero-order valence-electron chi connectivity index (χ0n) is 5.53. The molecule has 0 bridgehead atoms. The van der Waals surface area contributed by atoms with Gasteiger partial charge in [-0.2, -0.15) is 0 Å². The summed E-state index contributed by atoms with van der Waals surface area (Å²) in [6.07, 6.45) is 0.343. The second kappa shape index (κ2) is 4.21. The number of hydrogen-bond donors (Lipinski definition) is 0. The summed E-state index contributed by atoms with van der Waals surface area (Å²) in [7, 11) is 0. The van der Waals surface area contributed by atoms with Crippen molar-refractivity contribution in [3.63, 3.8) is 0 Å². The summed E-state index contributed by atoms with van der Waals surface area (Å²) < 4.78 is 4.81. The molecule has 3 nitrogen and oxygen atoms in total. The maximum atomic E-state index is 9.92. The third kappa shape index (κ3) is 3.85. The van der Waals surface area contributed by atoms with Gasteiger partial charge in [0.25, 0.3) is 0 Å². The van der Waals surface area contributed by atoms with Crippen molar-refractivity contribution in [1.82, 2.24) is 0 Å². The van der Waals surface area contributed by atoms with Crippen LogP contribution in [0, 0.1) is 0 Å². The Labute approximate surface area is 54.0 Å². The highest BCUT2D eigenvalue weighted by atomic mass is 16.5. The van der Waals surface area contributed by atoms with Crippen molar-refractivity contribution in [3.05, 3.63) is 0 Å². The van der Waals surface area contributed by atoms with Crippen molar-refractivity contribution >= 4 is 12.6 Å². The van der Waals surface area contributed by atoms with E-state index >= 15 is 0 Å². The van der Waals surface area contributed by atoms with E-state index in [-0.39, 0.29) is 0 Å². The second-order valence-electron chi connectivity index (χ2n) is 1.82. The molecule has 0 aromatic carbocycles. The Morgan fingerprint density at radius 1 is 1.11 bits per heavy atom. The van der Waals surface area contributed by atoms with E-state index in [0.717, 1.165) is 0 Å². The number of carbonyl (C=O) groups excluding carboxylic acids is 2. The number of ether oxygens (including phenoxy) is 1. The van der Waals surface area contributed by atoms with Gasteiger partial charge in [-0.05, 0) is 13.8 Å². The molecule has 0 rings (SSSR count). The van der Waals surface area contributed by atoms with Crippen molar-refractivity contribution < 1.29 is 14.3 Å². The molecule has 0 fully saturated rings. The lowest BCUT2D eigenvalue weighted by molar-refractivity contribution is -0.127. The largest absolute Gasteiger partial charge is 0.361 e. The minimum atomic E-state index is -0.481. The molecule has 0 heterocycles. The van der Waals surface area contributed by atoms with E-state index < -0.39 is 12.2 Å². The molecule has 0 saturated carbocycles. The Kier molecular flexibility index (Phi) is 3.88. The summed E-state index contributed by atoms with van der Waals surface area (Å²) >= 11 is 0. The average molecular weight is 130 g/mol. The van der Waals surface area contributed by atoms with Crippen LogP contribution in [0.3, 0.4) is 0 Å². The topological polar surface area (TPSA) is 43.4 Å². The van der Waals surface area contributed by atoms with Crippen molar-refractivity contribution in [2.24, 2.45) is 0 Å². The minimum Gasteiger partial charge on any atom is -0.361 e. The van der Waals surface area contributed by atoms with Gasteiger partial charge in [0.05, 0.1) is 0 Å². The molecule has 0 aliphatic rings. The van der Waals surface area contributed by atoms with Gasteiger partial charge >= 0.3 is 0 Å². The highest BCUT2D eigenvalue weighted by Gasteiger charge is 2.04. The van der Waals surface area contributed by atoms with Crippen LogP contribution in [-0.2, 0) is 14.3 Å². The Hall–Kier alpha value is -0.700. The molecule has 0 aliphatic carbocycles. The zero-order valence-corrected chi connectivity index (χ0v) is 5.53. The molecule has 0 N–H and O–H groups in total. The van der Waals surface area contributed by atoms with Gasteiger partial charge in [-0.15, -0.1) is 0 Å². The van der Waals surface area contributed by atoms with Crippen LogP contribution in [0.2, 0.25) is 0 Å². The van der Waals surface area contributed by atoms with E-state index in [1.54, 1.807) is 13.8 Å². The lowest BCUT2D eigenvalue weighted by Gasteiger charge is -2.07. The van der Waals surface area contributed by atoms with E-state index in [9.17, 15) is 9.59 Å². The van der Waals surface area contributed by atoms with Gasteiger partial charge in [0, 0.05) is 0 Å². The van der Waals surface area contributed by atoms with Crippen molar-refractivity contribution in [2.45, 2.75) is 26.1 Å². The summed E-state index contributed by atoms with van der Waals surface area (Å²) in [6.45, 7) is 3.18. The number of hydrogen-bond acceptors (Lipinski definition) is 3. The fourth-order valence-electron chi connectivity index (χ4n) is 0.403. The van der Waals surface area contributed by atoms with Crippen LogP contribution in [-0.4, -0.2) is 24.8 Å². The summed E-state index contributed by atoms with van der Waals surface area (Å²) in [5.74, 6) is 0. The Balaban J connectivity index is 3.45. The Morgan fingerprint density at radius 3 is 1.67 bits per heavy atom. The average Bonchev–Trinajstić information content (AvgIpc) is 1.87. The van der Waals surface area contributed by atoms with Crippen LogP contribution in [0.1, 0.15) is 13.8 Å². The van der Waals surface area contributed by atoms with Gasteiger partial charge < -0.3 is 14.3 Å². The first-order valence-corrected chi connectivity index (χ1v) is 2.76. The lowest BCUT2D eigenvalue weighted by atomic mass is 10.4. The van der Waals surface area contributed by atoms with Crippen LogP contribution < -0.4 is 0 Å². The molecular weight excluding hydrogens is 120 g/mol. The highest BCUT2D eigenvalue weighted by molar-refractivity contribution is 5.58. The summed E-state index contributed by atoms with van der Waals surface area (Å²) in [5.41, 5.74) is 0. The number of aldehydes is 2. The fourth-order valence-corrected chi connectivity index (χ4v) is 0.403. The smallest absolute Gasteiger partial charge is 0.148 e. The first-order valence-electron chi connectivity index (χ1n) is 2.76. The third-order valence-corrected chi connectivity index (χ3v) is 0.813. The first-order chi connectivity index (χ1) is 4.20. The van der Waals surface area contributed by atoms with Crippen LogP contribution in [0.5, 0.6) is 0 Å². The van der Waals surface area contributed by atoms with Crippen molar-refractivity contribution in [3.8, 4) is 0 Å². The lowest BCUT2D eigenvalue weighted by Crippen LogP contribution is -2.18. The normalized spacial score (nSPS) is 16.2. The molecule has 0 aliphatic heterocycles. The van der Waals surface area contributed by atoms with Gasteiger partial charge in [-0.1, -0.05) is 0 Å². The molecule has 0 unspecified atom stereocenters. The van der Waals surface area contributed by atoms with Gasteiger partial charge in [0.1, 0.15) is 24.8 Å². The number of carbonyl (C=O) groups is 2. The quantitative estimate of drug-likeness (QED) is 0.510. The fraction of sp³-hybridized carbons (Fsp3) is 0.667. The molecule has 52 valence electrons. The van der Waals surface area contributed by atoms with E-state index in [1.807, 2.05) is 0 Å². The molecule has 0 amide bonds. The molecule has 3 heteroatoms. The molecule has 0 spiro atoms. The van der Waals surface area contributed by atoms with Gasteiger partial charge in [0.2, 0.25) is 0 Å². The molecular formula is C6H10O3. The van der Waals surface area contributed by atoms with E-state index in [1.165, 1.54) is 0 Å². The van der Waals surface area contributed by atoms with Gasteiger partial charge in [-0.3, -0.25) is 0 Å². The zero-order chi connectivity index (χ0) is 7.28. The predicted molar refractivity (Wildman–Crippen MR) is 32.1 cm³/mol. The Morgan fingerprint density at radius 2 is 1.44 bits per heavy atom. The minimum absolute atomic E-state index is 0.481. The molecule has 0 saturated heterocycles. The summed E-state index contributed by atoms with van der Waals surface area (Å²) in [5, 5.41) is 0. The SMILES string of the molecule is C[C@H](C=O)O[C@@H](C)C=O. The summed E-state index contributed by atoms with van der Waals surface area (Å²) in [6, 6.07) is 0. The van der Waals surface area contributed by atoms with Crippen LogP contribution in [0.4, 0.5) is 0 Å². The molecule has 0 aromatic heterocycles. The second-order valence-corrected chi connectivity index (χ2v) is 1.82. The van der Waals surface area contributed by atoms with E-state index in [4.69, 9.17) is 4.74 Å². The summed E-state index contributed by atoms with van der Waals surface area (Å²) in [4.78, 5) is 19.8. The predicted octanol–water partition coefficient (Wildman–Crippen LogP) is 0.178. The first kappa shape index (κ1) is 8.30. The van der Waals surface area contributed by atoms with Crippen molar-refractivity contribution in [1.29, 1.82) is 0 Å². The standard InChI is InChI=1S/C6H10O3/c1-5(3-7)9-6(2)4-8/h3-6H,1-2H3/t5-,6+.